The Balaban J connectivity index is 1.53. The van der Waals surface area contributed by atoms with Crippen LogP contribution in [-0.4, -0.2) is 41.8 Å². The molecule has 0 bridgehead atoms. The molecule has 1 fully saturated rings. The van der Waals surface area contributed by atoms with Crippen LogP contribution in [0.3, 0.4) is 0 Å². The fourth-order valence-corrected chi connectivity index (χ4v) is 4.04. The van der Waals surface area contributed by atoms with E-state index in [9.17, 15) is 23.2 Å². The van der Waals surface area contributed by atoms with Gasteiger partial charge in [0.25, 0.3) is 11.8 Å². The van der Waals surface area contributed by atoms with Crippen molar-refractivity contribution < 1.29 is 22.7 Å². The number of hydrogen-bond donors (Lipinski definition) is 3. The van der Waals surface area contributed by atoms with Crippen molar-refractivity contribution in [3.63, 3.8) is 0 Å². The van der Waals surface area contributed by atoms with E-state index in [0.29, 0.717) is 17.7 Å². The maximum Gasteiger partial charge on any atom is 0.282 e. The lowest BCUT2D eigenvalue weighted by molar-refractivity contribution is -0.0689. The quantitative estimate of drug-likeness (QED) is 0.494. The lowest BCUT2D eigenvalue weighted by Crippen LogP contribution is -2.47. The second-order valence-electron chi connectivity index (χ2n) is 8.13. The summed E-state index contributed by atoms with van der Waals surface area (Å²) < 4.78 is 48.6. The lowest BCUT2D eigenvalue weighted by atomic mass is 10.0. The molecule has 2 heterocycles. The first-order valence-corrected chi connectivity index (χ1v) is 10.8. The normalized spacial score (nSPS) is 16.9. The number of methoxy groups -OCH3 is 1. The fourth-order valence-electron chi connectivity index (χ4n) is 4.04. The third kappa shape index (κ3) is 4.79. The number of anilines is 1. The molecule has 0 saturated carbocycles. The first kappa shape index (κ1) is 24.1. The van der Waals surface area contributed by atoms with Crippen molar-refractivity contribution in [3.8, 4) is 23.1 Å². The van der Waals surface area contributed by atoms with Gasteiger partial charge in [0.15, 0.2) is 0 Å². The number of ether oxygens (including phenoxy) is 1. The molecule has 4 N–H and O–H groups in total. The topological polar surface area (TPSA) is 118 Å². The largest absolute Gasteiger partial charge is 0.496 e. The van der Waals surface area contributed by atoms with Gasteiger partial charge in [-0.3, -0.25) is 4.79 Å². The third-order valence-electron chi connectivity index (χ3n) is 5.88. The molecule has 1 aliphatic heterocycles. The predicted octanol–water partition coefficient (Wildman–Crippen LogP) is 3.25. The summed E-state index contributed by atoms with van der Waals surface area (Å²) in [6.07, 6.45) is 0.123. The van der Waals surface area contributed by atoms with Crippen molar-refractivity contribution in [1.29, 1.82) is 5.26 Å². The number of halogens is 3. The van der Waals surface area contributed by atoms with Gasteiger partial charge in [0.1, 0.15) is 40.8 Å². The van der Waals surface area contributed by atoms with Gasteiger partial charge in [0.05, 0.1) is 19.2 Å². The van der Waals surface area contributed by atoms with E-state index in [-0.39, 0.29) is 41.4 Å². The van der Waals surface area contributed by atoms with E-state index >= 15 is 0 Å². The number of nitrogens with one attached hydrogen (secondary N) is 2. The number of hydrogen-bond acceptors (Lipinski definition) is 6. The number of nitrogens with zero attached hydrogens (tertiary/aromatic N) is 3. The molecular weight excluding hydrogens is 461 g/mol. The van der Waals surface area contributed by atoms with Gasteiger partial charge in [-0.2, -0.15) is 10.4 Å². The van der Waals surface area contributed by atoms with Crippen LogP contribution in [0, 0.1) is 17.1 Å². The number of nitrogen functional groups attached to an aromatic ring is 1. The second-order valence-corrected chi connectivity index (χ2v) is 8.13. The Bertz CT molecular complexity index is 1280. The molecule has 35 heavy (non-hydrogen) atoms. The van der Waals surface area contributed by atoms with Crippen LogP contribution >= 0.6 is 0 Å². The molecule has 0 radical (unpaired) electrons. The molecule has 1 amide bonds. The summed E-state index contributed by atoms with van der Waals surface area (Å²) in [6.45, 7) is 0.0383. The van der Waals surface area contributed by atoms with Crippen molar-refractivity contribution in [2.45, 2.75) is 24.9 Å². The Morgan fingerprint density at radius 3 is 2.74 bits per heavy atom. The molecule has 1 atom stereocenters. The number of aromatic nitrogens is 2. The number of piperidine rings is 1. The van der Waals surface area contributed by atoms with Crippen LogP contribution in [0.4, 0.5) is 19.0 Å². The summed E-state index contributed by atoms with van der Waals surface area (Å²) >= 11 is 0. The third-order valence-corrected chi connectivity index (χ3v) is 5.88. The number of carbonyl (C=O) groups excluding carboxylic acids is 1. The van der Waals surface area contributed by atoms with Gasteiger partial charge in [-0.15, -0.1) is 0 Å². The Kier molecular flexibility index (Phi) is 6.66. The molecule has 182 valence electrons. The molecule has 4 rings (SSSR count). The smallest absolute Gasteiger partial charge is 0.282 e. The molecule has 3 aromatic rings. The Labute approximate surface area is 199 Å². The molecule has 1 aliphatic rings. The second kappa shape index (κ2) is 9.68. The summed E-state index contributed by atoms with van der Waals surface area (Å²) in [7, 11) is 1.39. The lowest BCUT2D eigenvalue weighted by Gasteiger charge is -2.32. The van der Waals surface area contributed by atoms with Crippen LogP contribution in [0.5, 0.6) is 5.75 Å². The summed E-state index contributed by atoms with van der Waals surface area (Å²) in [5, 5.41) is 19.2. The van der Waals surface area contributed by atoms with E-state index in [4.69, 9.17) is 10.5 Å². The van der Waals surface area contributed by atoms with E-state index in [0.717, 1.165) is 10.7 Å². The van der Waals surface area contributed by atoms with Crippen molar-refractivity contribution in [1.82, 2.24) is 20.4 Å². The number of carbonyl (C=O) groups is 1. The zero-order valence-electron chi connectivity index (χ0n) is 18.8. The molecule has 0 spiro atoms. The zero-order chi connectivity index (χ0) is 25.2. The first-order chi connectivity index (χ1) is 16.7. The van der Waals surface area contributed by atoms with Gasteiger partial charge < -0.3 is 21.1 Å². The molecule has 8 nitrogen and oxygen atoms in total. The molecule has 2 aromatic carbocycles. The summed E-state index contributed by atoms with van der Waals surface area (Å²) in [6, 6.07) is 11.1. The minimum absolute atomic E-state index is 0.0265. The Hall–Kier alpha value is -4.04. The van der Waals surface area contributed by atoms with Gasteiger partial charge in [0, 0.05) is 12.1 Å². The van der Waals surface area contributed by atoms with Gasteiger partial charge >= 0.3 is 0 Å². The highest BCUT2D eigenvalue weighted by Gasteiger charge is 2.44. The fraction of sp³-hybridized carbons (Fsp3) is 0.292. The monoisotopic (exact) mass is 484 g/mol. The summed E-state index contributed by atoms with van der Waals surface area (Å²) in [5.74, 6) is -3.99. The minimum Gasteiger partial charge on any atom is -0.496 e. The van der Waals surface area contributed by atoms with Crippen molar-refractivity contribution in [2.75, 3.05) is 25.9 Å². The zero-order valence-corrected chi connectivity index (χ0v) is 18.8. The molecule has 11 heteroatoms. The molecule has 1 aromatic heterocycles. The maximum absolute atomic E-state index is 14.5. The highest BCUT2D eigenvalue weighted by molar-refractivity contribution is 5.96. The minimum atomic E-state index is -3.06. The SMILES string of the molecule is COc1ccc(F)cc1C(=O)NCc1ccc(-c2nn(C3CCNCC3(F)F)c(N)c2C#N)cc1. The van der Waals surface area contributed by atoms with E-state index < -0.39 is 30.2 Å². The number of nitriles is 1. The molecule has 1 unspecified atom stereocenters. The standard InChI is InChI=1S/C24H23F3N6O2/c1-35-19-7-6-16(25)10-17(19)23(34)31-12-14-2-4-15(5-3-14)21-18(11-28)22(29)33(32-21)20-8-9-30-13-24(20,26)27/h2-7,10,20,30H,8-9,12-13,29H2,1H3,(H,31,34). The van der Waals surface area contributed by atoms with E-state index in [1.807, 2.05) is 6.07 Å². The molecular formula is C24H23F3N6O2. The van der Waals surface area contributed by atoms with Gasteiger partial charge in [-0.05, 0) is 36.7 Å². The number of amides is 1. The Morgan fingerprint density at radius 1 is 1.34 bits per heavy atom. The highest BCUT2D eigenvalue weighted by atomic mass is 19.3. The van der Waals surface area contributed by atoms with Crippen LogP contribution in [0.15, 0.2) is 42.5 Å². The maximum atomic E-state index is 14.5. The number of nitrogens with two attached hydrogens (primary N) is 1. The van der Waals surface area contributed by atoms with Crippen LogP contribution < -0.4 is 21.1 Å². The average molecular weight is 484 g/mol. The van der Waals surface area contributed by atoms with Crippen LogP contribution in [0.2, 0.25) is 0 Å². The molecule has 0 aliphatic carbocycles. The molecule has 1 saturated heterocycles. The highest BCUT2D eigenvalue weighted by Crippen LogP contribution is 2.38. The number of benzene rings is 2. The average Bonchev–Trinajstić information content (AvgIpc) is 3.18. The van der Waals surface area contributed by atoms with Crippen molar-refractivity contribution in [2.24, 2.45) is 0 Å². The summed E-state index contributed by atoms with van der Waals surface area (Å²) in [4.78, 5) is 12.5. The van der Waals surface area contributed by atoms with E-state index in [2.05, 4.69) is 15.7 Å². The predicted molar refractivity (Wildman–Crippen MR) is 122 cm³/mol. The number of rotatable bonds is 6. The van der Waals surface area contributed by atoms with Gasteiger partial charge in [-0.25, -0.2) is 17.9 Å². The van der Waals surface area contributed by atoms with Crippen LogP contribution in [0.1, 0.15) is 33.9 Å². The summed E-state index contributed by atoms with van der Waals surface area (Å²) in [5.41, 5.74) is 7.58. The van der Waals surface area contributed by atoms with Gasteiger partial charge in [-0.1, -0.05) is 24.3 Å². The van der Waals surface area contributed by atoms with Gasteiger partial charge in [0.2, 0.25) is 0 Å². The van der Waals surface area contributed by atoms with Crippen LogP contribution in [-0.2, 0) is 6.54 Å². The van der Waals surface area contributed by atoms with Crippen molar-refractivity contribution >= 4 is 11.7 Å². The van der Waals surface area contributed by atoms with Crippen LogP contribution in [0.25, 0.3) is 11.3 Å². The van der Waals surface area contributed by atoms with E-state index in [1.165, 1.54) is 19.2 Å². The van der Waals surface area contributed by atoms with E-state index in [1.54, 1.807) is 24.3 Å². The Morgan fingerprint density at radius 2 is 2.09 bits per heavy atom. The number of alkyl halides is 2. The first-order valence-electron chi connectivity index (χ1n) is 10.8. The van der Waals surface area contributed by atoms with Crippen molar-refractivity contribution in [3.05, 3.63) is 65.0 Å².